The van der Waals surface area contributed by atoms with E-state index in [4.69, 9.17) is 0 Å². The monoisotopic (exact) mass is 355 g/mol. The molecule has 0 saturated heterocycles. The van der Waals surface area contributed by atoms with Gasteiger partial charge in [-0.05, 0) is 73.7 Å². The lowest BCUT2D eigenvalue weighted by atomic mass is 9.71. The third-order valence-electron chi connectivity index (χ3n) is 4.85. The number of nitrogens with one attached hydrogen (secondary N) is 1. The highest BCUT2D eigenvalue weighted by Crippen LogP contribution is 2.36. The van der Waals surface area contributed by atoms with E-state index in [0.717, 1.165) is 34.8 Å². The van der Waals surface area contributed by atoms with Gasteiger partial charge in [0.05, 0.1) is 0 Å². The van der Waals surface area contributed by atoms with E-state index in [2.05, 4.69) is 48.1 Å². The zero-order chi connectivity index (χ0) is 15.4. The molecule has 1 nitrogen and oxygen atoms in total. The van der Waals surface area contributed by atoms with Crippen LogP contribution < -0.4 is 5.32 Å². The second kappa shape index (κ2) is 7.73. The van der Waals surface area contributed by atoms with Crippen LogP contribution in [0.1, 0.15) is 45.6 Å². The Balaban J connectivity index is 2.11. The molecule has 1 aliphatic rings. The van der Waals surface area contributed by atoms with Crippen molar-refractivity contribution in [2.24, 2.45) is 17.8 Å². The van der Waals surface area contributed by atoms with E-state index in [1.54, 1.807) is 6.07 Å². The number of hydrogen-bond donors (Lipinski definition) is 1. The first-order valence-corrected chi connectivity index (χ1v) is 8.97. The summed E-state index contributed by atoms with van der Waals surface area (Å²) in [6.45, 7) is 7.84. The van der Waals surface area contributed by atoms with Crippen molar-refractivity contribution in [3.05, 3.63) is 34.1 Å². The lowest BCUT2D eigenvalue weighted by Crippen LogP contribution is -2.42. The molecule has 0 aromatic heterocycles. The highest BCUT2D eigenvalue weighted by Gasteiger charge is 2.31. The van der Waals surface area contributed by atoms with Crippen LogP contribution in [0.5, 0.6) is 0 Å². The number of rotatable bonds is 5. The van der Waals surface area contributed by atoms with Gasteiger partial charge in [-0.2, -0.15) is 0 Å². The van der Waals surface area contributed by atoms with Gasteiger partial charge in [0.15, 0.2) is 0 Å². The summed E-state index contributed by atoms with van der Waals surface area (Å²) in [4.78, 5) is 0. The molecule has 3 unspecified atom stereocenters. The van der Waals surface area contributed by atoms with Crippen LogP contribution in [0, 0.1) is 23.6 Å². The Bertz CT molecular complexity index is 440. The third-order valence-corrected chi connectivity index (χ3v) is 5.31. The SMILES string of the molecule is CCNC1CCC(C(C)C)CC1Cc1cc(F)cc(Br)c1. The Morgan fingerprint density at radius 2 is 2.05 bits per heavy atom. The predicted molar refractivity (Wildman–Crippen MR) is 90.9 cm³/mol. The molecule has 0 radical (unpaired) electrons. The quantitative estimate of drug-likeness (QED) is 0.766. The molecule has 3 atom stereocenters. The second-order valence-electron chi connectivity index (χ2n) is 6.72. The van der Waals surface area contributed by atoms with Gasteiger partial charge >= 0.3 is 0 Å². The van der Waals surface area contributed by atoms with Gasteiger partial charge in [-0.1, -0.05) is 36.7 Å². The summed E-state index contributed by atoms with van der Waals surface area (Å²) in [5, 5.41) is 3.64. The van der Waals surface area contributed by atoms with Crippen molar-refractivity contribution in [3.8, 4) is 0 Å². The molecule has 0 aliphatic heterocycles. The number of hydrogen-bond acceptors (Lipinski definition) is 1. The third kappa shape index (κ3) is 4.79. The molecule has 0 amide bonds. The molecular weight excluding hydrogens is 329 g/mol. The molecule has 0 bridgehead atoms. The van der Waals surface area contributed by atoms with Gasteiger partial charge in [0.25, 0.3) is 0 Å². The molecule has 1 aromatic rings. The van der Waals surface area contributed by atoms with Gasteiger partial charge in [0, 0.05) is 10.5 Å². The zero-order valence-electron chi connectivity index (χ0n) is 13.3. The summed E-state index contributed by atoms with van der Waals surface area (Å²) in [5.74, 6) is 2.02. The van der Waals surface area contributed by atoms with Crippen molar-refractivity contribution < 1.29 is 4.39 Å². The lowest BCUT2D eigenvalue weighted by molar-refractivity contribution is 0.169. The maximum Gasteiger partial charge on any atom is 0.124 e. The first-order chi connectivity index (χ1) is 9.99. The average molecular weight is 356 g/mol. The molecule has 1 fully saturated rings. The van der Waals surface area contributed by atoms with Gasteiger partial charge in [-0.25, -0.2) is 4.39 Å². The predicted octanol–water partition coefficient (Wildman–Crippen LogP) is 5.18. The van der Waals surface area contributed by atoms with Crippen molar-refractivity contribution in [1.29, 1.82) is 0 Å². The molecule has 3 heteroatoms. The molecule has 0 heterocycles. The topological polar surface area (TPSA) is 12.0 Å². The summed E-state index contributed by atoms with van der Waals surface area (Å²) in [6, 6.07) is 5.85. The van der Waals surface area contributed by atoms with Crippen molar-refractivity contribution in [2.45, 2.75) is 52.5 Å². The Morgan fingerprint density at radius 3 is 2.67 bits per heavy atom. The van der Waals surface area contributed by atoms with E-state index in [9.17, 15) is 4.39 Å². The maximum absolute atomic E-state index is 13.6. The number of halogens is 2. The first-order valence-electron chi connectivity index (χ1n) is 8.18. The fourth-order valence-corrected chi connectivity index (χ4v) is 4.21. The van der Waals surface area contributed by atoms with E-state index >= 15 is 0 Å². The Labute approximate surface area is 136 Å². The highest BCUT2D eigenvalue weighted by atomic mass is 79.9. The molecule has 118 valence electrons. The fraction of sp³-hybridized carbons (Fsp3) is 0.667. The van der Waals surface area contributed by atoms with Crippen LogP contribution >= 0.6 is 15.9 Å². The zero-order valence-corrected chi connectivity index (χ0v) is 14.9. The number of benzene rings is 1. The summed E-state index contributed by atoms with van der Waals surface area (Å²) in [7, 11) is 0. The van der Waals surface area contributed by atoms with E-state index in [0.29, 0.717) is 12.0 Å². The molecule has 1 aliphatic carbocycles. The highest BCUT2D eigenvalue weighted by molar-refractivity contribution is 9.10. The van der Waals surface area contributed by atoms with Gasteiger partial charge in [-0.3, -0.25) is 0 Å². The maximum atomic E-state index is 13.6. The summed E-state index contributed by atoms with van der Waals surface area (Å²) in [5.41, 5.74) is 1.11. The average Bonchev–Trinajstić information content (AvgIpc) is 2.39. The van der Waals surface area contributed by atoms with Gasteiger partial charge in [-0.15, -0.1) is 0 Å². The van der Waals surface area contributed by atoms with Crippen LogP contribution in [0.3, 0.4) is 0 Å². The van der Waals surface area contributed by atoms with Crippen molar-refractivity contribution in [1.82, 2.24) is 5.32 Å². The van der Waals surface area contributed by atoms with Crippen LogP contribution in [0.2, 0.25) is 0 Å². The van der Waals surface area contributed by atoms with E-state index < -0.39 is 0 Å². The molecule has 21 heavy (non-hydrogen) atoms. The summed E-state index contributed by atoms with van der Waals surface area (Å²) in [6.07, 6.45) is 4.79. The molecule has 1 aromatic carbocycles. The van der Waals surface area contributed by atoms with Gasteiger partial charge < -0.3 is 5.32 Å². The van der Waals surface area contributed by atoms with Crippen molar-refractivity contribution in [3.63, 3.8) is 0 Å². The Kier molecular flexibility index (Phi) is 6.24. The minimum Gasteiger partial charge on any atom is -0.314 e. The van der Waals surface area contributed by atoms with Crippen molar-refractivity contribution in [2.75, 3.05) is 6.54 Å². The molecule has 2 rings (SSSR count). The smallest absolute Gasteiger partial charge is 0.124 e. The van der Waals surface area contributed by atoms with E-state index in [1.165, 1.54) is 25.3 Å². The van der Waals surface area contributed by atoms with Crippen LogP contribution in [0.4, 0.5) is 4.39 Å². The molecule has 1 saturated carbocycles. The van der Waals surface area contributed by atoms with Gasteiger partial charge in [0.1, 0.15) is 5.82 Å². The minimum absolute atomic E-state index is 0.143. The van der Waals surface area contributed by atoms with Gasteiger partial charge in [0.2, 0.25) is 0 Å². The fourth-order valence-electron chi connectivity index (χ4n) is 3.69. The molecule has 0 spiro atoms. The Morgan fingerprint density at radius 1 is 1.29 bits per heavy atom. The first kappa shape index (κ1) is 17.0. The van der Waals surface area contributed by atoms with Crippen molar-refractivity contribution >= 4 is 15.9 Å². The Hall–Kier alpha value is -0.410. The van der Waals surface area contributed by atoms with E-state index in [-0.39, 0.29) is 5.82 Å². The molecule has 1 N–H and O–H groups in total. The molecular formula is C18H27BrFN. The lowest BCUT2D eigenvalue weighted by Gasteiger charge is -2.38. The van der Waals surface area contributed by atoms with Crippen LogP contribution in [0.25, 0.3) is 0 Å². The van der Waals surface area contributed by atoms with E-state index in [1.807, 2.05) is 0 Å². The van der Waals surface area contributed by atoms with Crippen LogP contribution in [-0.2, 0) is 6.42 Å². The van der Waals surface area contributed by atoms with Crippen LogP contribution in [-0.4, -0.2) is 12.6 Å². The minimum atomic E-state index is -0.143. The normalized spacial score (nSPS) is 26.3. The summed E-state index contributed by atoms with van der Waals surface area (Å²) < 4.78 is 14.4. The van der Waals surface area contributed by atoms with Crippen LogP contribution in [0.15, 0.2) is 22.7 Å². The summed E-state index contributed by atoms with van der Waals surface area (Å²) >= 11 is 3.40. The largest absolute Gasteiger partial charge is 0.314 e. The standard InChI is InChI=1S/C18H27BrFN/c1-4-21-18-6-5-14(12(2)3)10-15(18)7-13-8-16(19)11-17(20)9-13/h8-9,11-12,14-15,18,21H,4-7,10H2,1-3H3. The second-order valence-corrected chi connectivity index (χ2v) is 7.64.